The van der Waals surface area contributed by atoms with Gasteiger partial charge in [0.05, 0.1) is 19.3 Å². The second-order valence-corrected chi connectivity index (χ2v) is 7.44. The number of ether oxygens (including phenoxy) is 1. The minimum absolute atomic E-state index is 0.110. The molecular formula is C20H25ClN2O2. The van der Waals surface area contributed by atoms with E-state index in [9.17, 15) is 4.79 Å². The Morgan fingerprint density at radius 1 is 1.16 bits per heavy atom. The highest BCUT2D eigenvalue weighted by atomic mass is 35.5. The van der Waals surface area contributed by atoms with Gasteiger partial charge in [-0.2, -0.15) is 0 Å². The highest BCUT2D eigenvalue weighted by Gasteiger charge is 2.13. The van der Waals surface area contributed by atoms with Gasteiger partial charge in [0.2, 0.25) is 5.91 Å². The van der Waals surface area contributed by atoms with Gasteiger partial charge < -0.3 is 15.4 Å². The topological polar surface area (TPSA) is 50.4 Å². The van der Waals surface area contributed by atoms with Crippen LogP contribution in [0.1, 0.15) is 31.9 Å². The van der Waals surface area contributed by atoms with Crippen LogP contribution in [0.3, 0.4) is 0 Å². The van der Waals surface area contributed by atoms with Gasteiger partial charge in [-0.1, -0.05) is 44.5 Å². The smallest absolute Gasteiger partial charge is 0.243 e. The van der Waals surface area contributed by atoms with Crippen molar-refractivity contribution in [3.05, 3.63) is 52.5 Å². The molecule has 0 saturated carbocycles. The molecule has 0 unspecified atom stereocenters. The quantitative estimate of drug-likeness (QED) is 0.788. The molecule has 0 aliphatic carbocycles. The lowest BCUT2D eigenvalue weighted by Gasteiger charge is -2.19. The van der Waals surface area contributed by atoms with Crippen molar-refractivity contribution in [3.8, 4) is 5.75 Å². The van der Waals surface area contributed by atoms with Gasteiger partial charge in [0, 0.05) is 16.8 Å². The van der Waals surface area contributed by atoms with Gasteiger partial charge >= 0.3 is 0 Å². The van der Waals surface area contributed by atoms with Crippen molar-refractivity contribution >= 4 is 28.9 Å². The minimum Gasteiger partial charge on any atom is -0.495 e. The number of amides is 1. The Labute approximate surface area is 154 Å². The van der Waals surface area contributed by atoms with Crippen LogP contribution in [0.2, 0.25) is 5.02 Å². The van der Waals surface area contributed by atoms with Crippen LogP contribution in [0.5, 0.6) is 5.75 Å². The minimum atomic E-state index is -0.153. The Balaban J connectivity index is 1.98. The van der Waals surface area contributed by atoms with Crippen LogP contribution in [-0.2, 0) is 10.2 Å². The van der Waals surface area contributed by atoms with E-state index >= 15 is 0 Å². The van der Waals surface area contributed by atoms with Crippen LogP contribution in [-0.4, -0.2) is 19.6 Å². The molecule has 1 amide bonds. The fourth-order valence-corrected chi connectivity index (χ4v) is 2.55. The summed E-state index contributed by atoms with van der Waals surface area (Å²) in [6.45, 7) is 8.56. The number of hydrogen-bond acceptors (Lipinski definition) is 3. The Morgan fingerprint density at radius 3 is 2.36 bits per heavy atom. The van der Waals surface area contributed by atoms with E-state index in [1.165, 1.54) is 5.56 Å². The van der Waals surface area contributed by atoms with Crippen molar-refractivity contribution in [1.82, 2.24) is 0 Å². The first-order chi connectivity index (χ1) is 11.7. The van der Waals surface area contributed by atoms with Crippen molar-refractivity contribution in [1.29, 1.82) is 0 Å². The van der Waals surface area contributed by atoms with E-state index in [1.54, 1.807) is 19.2 Å². The van der Waals surface area contributed by atoms with Crippen molar-refractivity contribution < 1.29 is 9.53 Å². The van der Waals surface area contributed by atoms with Crippen LogP contribution < -0.4 is 15.4 Å². The highest BCUT2D eigenvalue weighted by Crippen LogP contribution is 2.31. The molecule has 2 rings (SSSR count). The zero-order valence-corrected chi connectivity index (χ0v) is 16.1. The molecular weight excluding hydrogens is 336 g/mol. The van der Waals surface area contributed by atoms with E-state index < -0.39 is 0 Å². The number of benzene rings is 2. The summed E-state index contributed by atoms with van der Waals surface area (Å²) in [7, 11) is 1.55. The lowest BCUT2D eigenvalue weighted by Crippen LogP contribution is -2.22. The summed E-state index contributed by atoms with van der Waals surface area (Å²) in [6, 6.07) is 11.6. The third-order valence-electron chi connectivity index (χ3n) is 3.96. The molecule has 0 spiro atoms. The SMILES string of the molecule is COc1cc(Cl)c(C)cc1NC(=O)CNc1ccc(C(C)(C)C)cc1. The fraction of sp³-hybridized carbons (Fsp3) is 0.350. The van der Waals surface area contributed by atoms with Crippen LogP contribution in [0.4, 0.5) is 11.4 Å². The van der Waals surface area contributed by atoms with Crippen LogP contribution in [0.25, 0.3) is 0 Å². The van der Waals surface area contributed by atoms with Gasteiger partial charge in [0.1, 0.15) is 5.75 Å². The normalized spacial score (nSPS) is 11.1. The predicted octanol–water partition coefficient (Wildman–Crippen LogP) is 5.01. The van der Waals surface area contributed by atoms with Crippen LogP contribution in [0, 0.1) is 6.92 Å². The summed E-state index contributed by atoms with van der Waals surface area (Å²) in [5.41, 5.74) is 3.76. The molecule has 0 aliphatic heterocycles. The lowest BCUT2D eigenvalue weighted by atomic mass is 9.87. The molecule has 0 aliphatic rings. The summed E-state index contributed by atoms with van der Waals surface area (Å²) < 4.78 is 5.27. The standard InChI is InChI=1S/C20H25ClN2O2/c1-13-10-17(18(25-5)11-16(13)21)23-19(24)12-22-15-8-6-14(7-9-15)20(2,3)4/h6-11,22H,12H2,1-5H3,(H,23,24). The van der Waals surface area contributed by atoms with Gasteiger partial charge in [0.15, 0.2) is 0 Å². The first-order valence-electron chi connectivity index (χ1n) is 8.19. The van der Waals surface area contributed by atoms with Crippen LogP contribution >= 0.6 is 11.6 Å². The summed E-state index contributed by atoms with van der Waals surface area (Å²) in [5, 5.41) is 6.58. The van der Waals surface area contributed by atoms with Crippen LogP contribution in [0.15, 0.2) is 36.4 Å². The molecule has 2 N–H and O–H groups in total. The van der Waals surface area contributed by atoms with E-state index in [0.29, 0.717) is 16.5 Å². The lowest BCUT2D eigenvalue weighted by molar-refractivity contribution is -0.114. The maximum Gasteiger partial charge on any atom is 0.243 e. The average molecular weight is 361 g/mol. The number of methoxy groups -OCH3 is 1. The zero-order chi connectivity index (χ0) is 18.6. The monoisotopic (exact) mass is 360 g/mol. The zero-order valence-electron chi connectivity index (χ0n) is 15.4. The van der Waals surface area contributed by atoms with Crippen molar-refractivity contribution in [2.45, 2.75) is 33.1 Å². The Bertz CT molecular complexity index is 750. The number of hydrogen-bond donors (Lipinski definition) is 2. The molecule has 0 atom stereocenters. The second-order valence-electron chi connectivity index (χ2n) is 7.03. The number of carbonyl (C=O) groups is 1. The van der Waals surface area contributed by atoms with E-state index in [1.807, 2.05) is 19.1 Å². The average Bonchev–Trinajstić information content (AvgIpc) is 2.55. The second kappa shape index (κ2) is 7.79. The van der Waals surface area contributed by atoms with Crippen molar-refractivity contribution in [2.75, 3.05) is 24.3 Å². The van der Waals surface area contributed by atoms with Gasteiger partial charge in [-0.25, -0.2) is 0 Å². The molecule has 2 aromatic rings. The molecule has 0 saturated heterocycles. The van der Waals surface area contributed by atoms with Gasteiger partial charge in [0.25, 0.3) is 0 Å². The number of carbonyl (C=O) groups excluding carboxylic acids is 1. The van der Waals surface area contributed by atoms with Gasteiger partial charge in [-0.15, -0.1) is 0 Å². The first kappa shape index (κ1) is 19.1. The maximum atomic E-state index is 12.2. The molecule has 0 radical (unpaired) electrons. The third kappa shape index (κ3) is 5.13. The first-order valence-corrected chi connectivity index (χ1v) is 8.57. The molecule has 5 heteroatoms. The Hall–Kier alpha value is -2.20. The maximum absolute atomic E-state index is 12.2. The van der Waals surface area contributed by atoms with Crippen molar-refractivity contribution in [2.24, 2.45) is 0 Å². The van der Waals surface area contributed by atoms with Gasteiger partial charge in [-0.3, -0.25) is 4.79 Å². The summed E-state index contributed by atoms with van der Waals surface area (Å²) in [5.74, 6) is 0.387. The summed E-state index contributed by atoms with van der Waals surface area (Å²) >= 11 is 6.08. The molecule has 0 heterocycles. The van der Waals surface area contributed by atoms with E-state index in [4.69, 9.17) is 16.3 Å². The third-order valence-corrected chi connectivity index (χ3v) is 4.37. The molecule has 4 nitrogen and oxygen atoms in total. The fourth-order valence-electron chi connectivity index (χ4n) is 2.39. The highest BCUT2D eigenvalue weighted by molar-refractivity contribution is 6.31. The Kier molecular flexibility index (Phi) is 5.96. The number of anilines is 2. The number of rotatable bonds is 5. The molecule has 0 aromatic heterocycles. The Morgan fingerprint density at radius 2 is 1.80 bits per heavy atom. The van der Waals surface area contributed by atoms with E-state index in [-0.39, 0.29) is 17.9 Å². The van der Waals surface area contributed by atoms with E-state index in [2.05, 4.69) is 43.5 Å². The number of aryl methyl sites for hydroxylation is 1. The molecule has 0 fully saturated rings. The molecule has 2 aromatic carbocycles. The van der Waals surface area contributed by atoms with E-state index in [0.717, 1.165) is 11.3 Å². The molecule has 0 bridgehead atoms. The summed E-state index contributed by atoms with van der Waals surface area (Å²) in [6.07, 6.45) is 0. The predicted molar refractivity (Wildman–Crippen MR) is 105 cm³/mol. The largest absolute Gasteiger partial charge is 0.495 e. The number of nitrogens with one attached hydrogen (secondary N) is 2. The number of halogens is 1. The van der Waals surface area contributed by atoms with Gasteiger partial charge in [-0.05, 0) is 41.7 Å². The molecule has 25 heavy (non-hydrogen) atoms. The summed E-state index contributed by atoms with van der Waals surface area (Å²) in [4.78, 5) is 12.2. The van der Waals surface area contributed by atoms with Crippen molar-refractivity contribution in [3.63, 3.8) is 0 Å². The molecule has 134 valence electrons.